The summed E-state index contributed by atoms with van der Waals surface area (Å²) in [7, 11) is 0. The summed E-state index contributed by atoms with van der Waals surface area (Å²) < 4.78 is 0. The van der Waals surface area contributed by atoms with Crippen LogP contribution in [0.1, 0.15) is 31.4 Å². The van der Waals surface area contributed by atoms with Crippen LogP contribution in [-0.4, -0.2) is 42.8 Å². The molecule has 0 radical (unpaired) electrons. The van der Waals surface area contributed by atoms with Crippen LogP contribution in [0, 0.1) is 6.92 Å². The molecule has 5 heteroatoms. The zero-order valence-electron chi connectivity index (χ0n) is 14.4. The molecule has 0 spiro atoms. The average Bonchev–Trinajstić information content (AvgIpc) is 2.56. The Bertz CT molecular complexity index is 582. The Morgan fingerprint density at radius 2 is 1.87 bits per heavy atom. The Balaban J connectivity index is 1.90. The van der Waals surface area contributed by atoms with Gasteiger partial charge in [-0.15, -0.1) is 0 Å². The molecule has 1 heterocycles. The highest BCUT2D eigenvalue weighted by atomic mass is 15.4. The molecular formula is C18H27N5. The number of nitrogens with one attached hydrogen (secondary N) is 2. The maximum atomic E-state index is 4.52. The number of rotatable bonds is 7. The van der Waals surface area contributed by atoms with Gasteiger partial charge in [0, 0.05) is 12.1 Å². The fourth-order valence-electron chi connectivity index (χ4n) is 2.46. The summed E-state index contributed by atoms with van der Waals surface area (Å²) in [5.74, 6) is 0.672. The molecule has 0 unspecified atom stereocenters. The number of hydrogen-bond acceptors (Lipinski definition) is 3. The summed E-state index contributed by atoms with van der Waals surface area (Å²) in [6.07, 6.45) is 1.04. The van der Waals surface area contributed by atoms with E-state index in [1.807, 2.05) is 0 Å². The SMILES string of the molecule is C=C1NC(=NCCCN(CC)CC)NN=C1c1ccc(C)cc1. The van der Waals surface area contributed by atoms with Crippen molar-refractivity contribution in [1.82, 2.24) is 15.6 Å². The molecule has 5 nitrogen and oxygen atoms in total. The van der Waals surface area contributed by atoms with Crippen molar-refractivity contribution < 1.29 is 0 Å². The minimum absolute atomic E-state index is 0.672. The van der Waals surface area contributed by atoms with E-state index in [2.05, 4.69) is 77.4 Å². The van der Waals surface area contributed by atoms with Gasteiger partial charge in [0.05, 0.1) is 5.70 Å². The third kappa shape index (κ3) is 4.93. The predicted octanol–water partition coefficient (Wildman–Crippen LogP) is 2.49. The van der Waals surface area contributed by atoms with E-state index < -0.39 is 0 Å². The van der Waals surface area contributed by atoms with Gasteiger partial charge >= 0.3 is 0 Å². The fraction of sp³-hybridized carbons (Fsp3) is 0.444. The summed E-state index contributed by atoms with van der Waals surface area (Å²) >= 11 is 0. The van der Waals surface area contributed by atoms with Crippen LogP contribution < -0.4 is 10.7 Å². The molecular weight excluding hydrogens is 286 g/mol. The lowest BCUT2D eigenvalue weighted by molar-refractivity contribution is 0.302. The highest BCUT2D eigenvalue weighted by molar-refractivity contribution is 6.15. The van der Waals surface area contributed by atoms with Gasteiger partial charge < -0.3 is 10.2 Å². The van der Waals surface area contributed by atoms with Crippen molar-refractivity contribution in [3.05, 3.63) is 47.7 Å². The number of hydrazone groups is 1. The highest BCUT2D eigenvalue weighted by Gasteiger charge is 2.15. The van der Waals surface area contributed by atoms with Gasteiger partial charge in [-0.05, 0) is 33.0 Å². The van der Waals surface area contributed by atoms with Crippen molar-refractivity contribution in [3.8, 4) is 0 Å². The van der Waals surface area contributed by atoms with Crippen molar-refractivity contribution in [2.75, 3.05) is 26.2 Å². The number of nitrogens with zero attached hydrogens (tertiary/aromatic N) is 3. The van der Waals surface area contributed by atoms with Crippen molar-refractivity contribution >= 4 is 11.7 Å². The fourth-order valence-corrected chi connectivity index (χ4v) is 2.46. The summed E-state index contributed by atoms with van der Waals surface area (Å²) in [6, 6.07) is 8.24. The van der Waals surface area contributed by atoms with Crippen LogP contribution in [0.4, 0.5) is 0 Å². The Labute approximate surface area is 139 Å². The van der Waals surface area contributed by atoms with Crippen LogP contribution in [0.25, 0.3) is 0 Å². The van der Waals surface area contributed by atoms with Crippen molar-refractivity contribution in [1.29, 1.82) is 0 Å². The van der Waals surface area contributed by atoms with Crippen LogP contribution in [0.5, 0.6) is 0 Å². The molecule has 0 aromatic heterocycles. The largest absolute Gasteiger partial charge is 0.323 e. The van der Waals surface area contributed by atoms with Gasteiger partial charge in [0.1, 0.15) is 5.71 Å². The molecule has 1 aliphatic rings. The first-order valence-electron chi connectivity index (χ1n) is 8.27. The second-order valence-corrected chi connectivity index (χ2v) is 5.65. The lowest BCUT2D eigenvalue weighted by Crippen LogP contribution is -2.41. The molecule has 0 bridgehead atoms. The van der Waals surface area contributed by atoms with Crippen LogP contribution in [0.15, 0.2) is 46.6 Å². The smallest absolute Gasteiger partial charge is 0.216 e. The molecule has 2 rings (SSSR count). The lowest BCUT2D eigenvalue weighted by atomic mass is 10.1. The lowest BCUT2D eigenvalue weighted by Gasteiger charge is -2.20. The van der Waals surface area contributed by atoms with Crippen molar-refractivity contribution in [3.63, 3.8) is 0 Å². The van der Waals surface area contributed by atoms with Gasteiger partial charge in [-0.1, -0.05) is 50.3 Å². The number of guanidine groups is 1. The van der Waals surface area contributed by atoms with Gasteiger partial charge in [0.2, 0.25) is 5.96 Å². The maximum absolute atomic E-state index is 4.52. The second kappa shape index (κ2) is 8.48. The van der Waals surface area contributed by atoms with E-state index in [4.69, 9.17) is 0 Å². The Morgan fingerprint density at radius 1 is 1.17 bits per heavy atom. The summed E-state index contributed by atoms with van der Waals surface area (Å²) in [5, 5.41) is 7.60. The van der Waals surface area contributed by atoms with Crippen LogP contribution in [0.2, 0.25) is 0 Å². The van der Waals surface area contributed by atoms with Gasteiger partial charge in [-0.25, -0.2) is 5.43 Å². The topological polar surface area (TPSA) is 52.0 Å². The van der Waals surface area contributed by atoms with Gasteiger partial charge in [0.15, 0.2) is 0 Å². The standard InChI is InChI=1S/C18H27N5/c1-5-23(6-2)13-7-12-19-18-20-15(4)17(21-22-18)16-10-8-14(3)9-11-16/h8-11H,4-7,12-13H2,1-3H3,(H2,19,20,22). The van der Waals surface area contributed by atoms with Gasteiger partial charge in [0.25, 0.3) is 0 Å². The summed E-state index contributed by atoms with van der Waals surface area (Å²) in [4.78, 5) is 6.91. The van der Waals surface area contributed by atoms with E-state index in [-0.39, 0.29) is 0 Å². The van der Waals surface area contributed by atoms with E-state index in [0.29, 0.717) is 5.96 Å². The van der Waals surface area contributed by atoms with E-state index in [1.54, 1.807) is 0 Å². The van der Waals surface area contributed by atoms with Gasteiger partial charge in [-0.3, -0.25) is 4.99 Å². The first-order chi connectivity index (χ1) is 11.1. The number of allylic oxidation sites excluding steroid dienone is 1. The molecule has 0 aliphatic carbocycles. The Hall–Kier alpha value is -2.14. The number of hydrogen-bond donors (Lipinski definition) is 2. The molecule has 1 aliphatic heterocycles. The maximum Gasteiger partial charge on any atom is 0.216 e. The highest BCUT2D eigenvalue weighted by Crippen LogP contribution is 2.10. The molecule has 23 heavy (non-hydrogen) atoms. The quantitative estimate of drug-likeness (QED) is 0.761. The molecule has 0 amide bonds. The molecule has 1 aromatic carbocycles. The zero-order chi connectivity index (χ0) is 16.7. The number of aliphatic imine (C=N–C) groups is 1. The normalized spacial score (nSPS) is 16.3. The molecule has 0 fully saturated rings. The number of benzene rings is 1. The number of aryl methyl sites for hydroxylation is 1. The second-order valence-electron chi connectivity index (χ2n) is 5.65. The molecule has 2 N–H and O–H groups in total. The molecule has 0 saturated carbocycles. The zero-order valence-corrected chi connectivity index (χ0v) is 14.4. The first kappa shape index (κ1) is 17.2. The van der Waals surface area contributed by atoms with Crippen LogP contribution >= 0.6 is 0 Å². The predicted molar refractivity (Wildman–Crippen MR) is 97.8 cm³/mol. The van der Waals surface area contributed by atoms with E-state index in [1.165, 1.54) is 5.56 Å². The molecule has 124 valence electrons. The minimum atomic E-state index is 0.672. The monoisotopic (exact) mass is 313 g/mol. The average molecular weight is 313 g/mol. The van der Waals surface area contributed by atoms with Crippen LogP contribution in [-0.2, 0) is 0 Å². The van der Waals surface area contributed by atoms with E-state index >= 15 is 0 Å². The van der Waals surface area contributed by atoms with E-state index in [0.717, 1.165) is 49.6 Å². The van der Waals surface area contributed by atoms with Gasteiger partial charge in [-0.2, -0.15) is 5.10 Å². The molecule has 0 atom stereocenters. The Morgan fingerprint density at radius 3 is 2.48 bits per heavy atom. The van der Waals surface area contributed by atoms with Crippen molar-refractivity contribution in [2.45, 2.75) is 27.2 Å². The first-order valence-corrected chi connectivity index (χ1v) is 8.27. The molecule has 1 aromatic rings. The molecule has 0 saturated heterocycles. The summed E-state index contributed by atoms with van der Waals surface area (Å²) in [5.41, 5.74) is 6.85. The summed E-state index contributed by atoms with van der Waals surface area (Å²) in [6.45, 7) is 14.5. The van der Waals surface area contributed by atoms with Crippen molar-refractivity contribution in [2.24, 2.45) is 10.1 Å². The minimum Gasteiger partial charge on any atom is -0.323 e. The van der Waals surface area contributed by atoms with Crippen LogP contribution in [0.3, 0.4) is 0 Å². The third-order valence-electron chi connectivity index (χ3n) is 3.95. The van der Waals surface area contributed by atoms with E-state index in [9.17, 15) is 0 Å². The third-order valence-corrected chi connectivity index (χ3v) is 3.95. The Kier molecular flexibility index (Phi) is 6.35.